The lowest BCUT2D eigenvalue weighted by atomic mass is 9.86. The van der Waals surface area contributed by atoms with Crippen LogP contribution in [0.5, 0.6) is 5.75 Å². The molecule has 0 bridgehead atoms. The van der Waals surface area contributed by atoms with Gasteiger partial charge in [-0.15, -0.1) is 0 Å². The van der Waals surface area contributed by atoms with Crippen molar-refractivity contribution in [2.45, 2.75) is 82.5 Å². The molecule has 5 atom stereocenters. The molecule has 1 saturated heterocycles. The van der Waals surface area contributed by atoms with Crippen molar-refractivity contribution in [2.75, 3.05) is 39.8 Å². The minimum atomic E-state index is -0.420. The average Bonchev–Trinajstić information content (AvgIpc) is 3.31. The lowest BCUT2D eigenvalue weighted by Gasteiger charge is -2.32. The van der Waals surface area contributed by atoms with E-state index in [1.165, 1.54) is 56.7 Å². The monoisotopic (exact) mass is 456 g/mol. The Labute approximate surface area is 200 Å². The molecular weight excluding hydrogens is 412 g/mol. The lowest BCUT2D eigenvalue weighted by molar-refractivity contribution is 0.135. The first-order valence-electron chi connectivity index (χ1n) is 13.3. The van der Waals surface area contributed by atoms with Gasteiger partial charge in [0.2, 0.25) is 0 Å². The number of fused-ring (bicyclic) bond motifs is 3. The van der Waals surface area contributed by atoms with Crippen molar-refractivity contribution in [3.05, 3.63) is 41.5 Å². The second kappa shape index (κ2) is 11.8. The Morgan fingerprint density at radius 1 is 1.12 bits per heavy atom. The van der Waals surface area contributed by atoms with Crippen molar-refractivity contribution in [2.24, 2.45) is 5.92 Å². The summed E-state index contributed by atoms with van der Waals surface area (Å²) in [5.74, 6) is 1.28. The highest BCUT2D eigenvalue weighted by molar-refractivity contribution is 5.49. The number of aryl methyl sites for hydroxylation is 1. The van der Waals surface area contributed by atoms with Crippen molar-refractivity contribution in [3.8, 4) is 5.75 Å². The maximum absolute atomic E-state index is 10.7. The Hall–Kier alpha value is -1.40. The highest BCUT2D eigenvalue weighted by atomic mass is 16.5. The second-order valence-electron chi connectivity index (χ2n) is 10.4. The van der Waals surface area contributed by atoms with Gasteiger partial charge in [0, 0.05) is 50.0 Å². The molecule has 184 valence electrons. The maximum Gasteiger partial charge on any atom is 0.126 e. The zero-order valence-electron chi connectivity index (χ0n) is 20.7. The molecule has 0 aromatic heterocycles. The summed E-state index contributed by atoms with van der Waals surface area (Å²) in [5.41, 5.74) is 2.57. The molecule has 4 rings (SSSR count). The zero-order chi connectivity index (χ0) is 23.2. The fourth-order valence-corrected chi connectivity index (χ4v) is 5.84. The summed E-state index contributed by atoms with van der Waals surface area (Å²) in [7, 11) is 2.21. The van der Waals surface area contributed by atoms with Gasteiger partial charge >= 0.3 is 0 Å². The van der Waals surface area contributed by atoms with E-state index in [4.69, 9.17) is 4.74 Å². The smallest absolute Gasteiger partial charge is 0.126 e. The molecule has 3 aliphatic rings. The summed E-state index contributed by atoms with van der Waals surface area (Å²) in [5, 5.41) is 21.0. The summed E-state index contributed by atoms with van der Waals surface area (Å²) in [6, 6.07) is 6.56. The number of piperazine rings is 1. The molecule has 2 heterocycles. The predicted octanol–water partition coefficient (Wildman–Crippen LogP) is 3.98. The third-order valence-corrected chi connectivity index (χ3v) is 7.91. The molecule has 5 nitrogen and oxygen atoms in total. The standard InChI is InChI=1S/C28H44N2O3/c1-3-4-5-11-22(31)13-14-23-25(32)20-26-27(23)24-12-8-10-21(28(24)33-26)9-6-7-15-30-18-16-29(2)17-19-30/h8,10,12-14,22-23,25-27,31-32H,3-7,9,11,15-20H2,1-2H3/b14-13+/t22-,23-,25+,26-,27-/m0/s1. The number of para-hydroxylation sites is 1. The number of nitrogens with zero attached hydrogens (tertiary/aromatic N) is 2. The van der Waals surface area contributed by atoms with Crippen molar-refractivity contribution in [1.82, 2.24) is 9.80 Å². The van der Waals surface area contributed by atoms with Crippen molar-refractivity contribution >= 4 is 0 Å². The number of rotatable bonds is 11. The maximum atomic E-state index is 10.7. The van der Waals surface area contributed by atoms with Crippen molar-refractivity contribution < 1.29 is 14.9 Å². The molecule has 2 N–H and O–H groups in total. The topological polar surface area (TPSA) is 56.2 Å². The summed E-state index contributed by atoms with van der Waals surface area (Å²) >= 11 is 0. The Morgan fingerprint density at radius 2 is 1.94 bits per heavy atom. The molecule has 0 unspecified atom stereocenters. The molecule has 1 saturated carbocycles. The van der Waals surface area contributed by atoms with Crippen LogP contribution in [0, 0.1) is 5.92 Å². The van der Waals surface area contributed by atoms with Gasteiger partial charge in [-0.05, 0) is 44.8 Å². The first kappa shape index (κ1) is 24.7. The third kappa shape index (κ3) is 6.19. The van der Waals surface area contributed by atoms with E-state index in [1.807, 2.05) is 6.08 Å². The predicted molar refractivity (Wildman–Crippen MR) is 134 cm³/mol. The molecule has 5 heteroatoms. The van der Waals surface area contributed by atoms with Crippen LogP contribution in [0.4, 0.5) is 0 Å². The quantitative estimate of drug-likeness (QED) is 0.390. The van der Waals surface area contributed by atoms with E-state index in [-0.39, 0.29) is 17.9 Å². The van der Waals surface area contributed by atoms with Crippen LogP contribution in [0.25, 0.3) is 0 Å². The minimum absolute atomic E-state index is 0.0181. The molecule has 33 heavy (non-hydrogen) atoms. The summed E-state index contributed by atoms with van der Waals surface area (Å²) in [6.45, 7) is 8.10. The fraction of sp³-hybridized carbons (Fsp3) is 0.714. The summed E-state index contributed by atoms with van der Waals surface area (Å²) < 4.78 is 6.44. The van der Waals surface area contributed by atoms with E-state index in [0.717, 1.165) is 37.9 Å². The number of hydrogen-bond donors (Lipinski definition) is 2. The highest BCUT2D eigenvalue weighted by Crippen LogP contribution is 2.52. The molecule has 0 spiro atoms. The zero-order valence-corrected chi connectivity index (χ0v) is 20.7. The van der Waals surface area contributed by atoms with Gasteiger partial charge in [0.05, 0.1) is 12.2 Å². The minimum Gasteiger partial charge on any atom is -0.489 e. The van der Waals surface area contributed by atoms with E-state index in [2.05, 4.69) is 48.0 Å². The molecule has 2 aliphatic heterocycles. The van der Waals surface area contributed by atoms with Gasteiger partial charge in [0.25, 0.3) is 0 Å². The van der Waals surface area contributed by atoms with Crippen LogP contribution in [0.15, 0.2) is 30.4 Å². The molecule has 1 aromatic carbocycles. The average molecular weight is 457 g/mol. The number of aliphatic hydroxyl groups excluding tert-OH is 2. The Kier molecular flexibility index (Phi) is 8.86. The van der Waals surface area contributed by atoms with Crippen LogP contribution in [0.1, 0.15) is 68.9 Å². The van der Waals surface area contributed by atoms with Gasteiger partial charge in [0.15, 0.2) is 0 Å². The Balaban J connectivity index is 1.33. The van der Waals surface area contributed by atoms with Gasteiger partial charge in [0.1, 0.15) is 11.9 Å². The molecule has 1 aromatic rings. The molecule has 0 amide bonds. The third-order valence-electron chi connectivity index (χ3n) is 7.91. The van der Waals surface area contributed by atoms with E-state index in [9.17, 15) is 10.2 Å². The van der Waals surface area contributed by atoms with Gasteiger partial charge in [-0.1, -0.05) is 56.5 Å². The molecule has 1 aliphatic carbocycles. The largest absolute Gasteiger partial charge is 0.489 e. The first-order valence-corrected chi connectivity index (χ1v) is 13.3. The van der Waals surface area contributed by atoms with E-state index in [1.54, 1.807) is 0 Å². The number of benzene rings is 1. The van der Waals surface area contributed by atoms with Crippen molar-refractivity contribution in [3.63, 3.8) is 0 Å². The Morgan fingerprint density at radius 3 is 2.73 bits per heavy atom. The van der Waals surface area contributed by atoms with Gasteiger partial charge < -0.3 is 24.7 Å². The van der Waals surface area contributed by atoms with Crippen molar-refractivity contribution in [1.29, 1.82) is 0 Å². The van der Waals surface area contributed by atoms with Crippen LogP contribution in [-0.2, 0) is 6.42 Å². The highest BCUT2D eigenvalue weighted by Gasteiger charge is 2.48. The number of aliphatic hydroxyl groups is 2. The van der Waals surface area contributed by atoms with Gasteiger partial charge in [-0.2, -0.15) is 0 Å². The SMILES string of the molecule is CCCCC[C@H](O)/C=C/[C@@H]1[C@H]2c3cccc(CCCCN4CCN(C)CC4)c3O[C@H]2C[C@H]1O. The number of hydrogen-bond acceptors (Lipinski definition) is 5. The van der Waals surface area contributed by atoms with Crippen LogP contribution < -0.4 is 4.74 Å². The Bertz CT molecular complexity index is 774. The normalized spacial score (nSPS) is 28.7. The number of likely N-dealkylation sites (N-methyl/N-ethyl adjacent to an activating group) is 1. The van der Waals surface area contributed by atoms with Crippen LogP contribution in [-0.4, -0.2) is 78.1 Å². The van der Waals surface area contributed by atoms with Crippen LogP contribution >= 0.6 is 0 Å². The first-order chi connectivity index (χ1) is 16.1. The molecule has 0 radical (unpaired) electrons. The summed E-state index contributed by atoms with van der Waals surface area (Å²) in [4.78, 5) is 5.00. The molecular formula is C28H44N2O3. The second-order valence-corrected chi connectivity index (χ2v) is 10.4. The van der Waals surface area contributed by atoms with Crippen LogP contribution in [0.2, 0.25) is 0 Å². The number of ether oxygens (including phenoxy) is 1. The van der Waals surface area contributed by atoms with E-state index >= 15 is 0 Å². The van der Waals surface area contributed by atoms with Crippen LogP contribution in [0.3, 0.4) is 0 Å². The number of unbranched alkanes of at least 4 members (excludes halogenated alkanes) is 3. The lowest BCUT2D eigenvalue weighted by Crippen LogP contribution is -2.44. The fourth-order valence-electron chi connectivity index (χ4n) is 5.84. The van der Waals surface area contributed by atoms with E-state index < -0.39 is 12.2 Å². The van der Waals surface area contributed by atoms with Gasteiger partial charge in [-0.25, -0.2) is 0 Å². The molecule has 2 fully saturated rings. The van der Waals surface area contributed by atoms with E-state index in [0.29, 0.717) is 6.42 Å². The van der Waals surface area contributed by atoms with Gasteiger partial charge in [-0.3, -0.25) is 0 Å². The summed E-state index contributed by atoms with van der Waals surface area (Å²) in [6.07, 6.45) is 11.5.